The first-order valence-electron chi connectivity index (χ1n) is 9.62. The minimum atomic E-state index is -0.454. The lowest BCUT2D eigenvalue weighted by atomic mass is 10.1. The second-order valence-corrected chi connectivity index (χ2v) is 8.75. The smallest absolute Gasteiger partial charge is 0.269 e. The number of non-ortho nitro benzene ring substituents is 1. The first-order chi connectivity index (χ1) is 14.4. The number of carbonyl (C=O) groups excluding carboxylic acids is 1. The molecule has 1 atom stereocenters. The Hall–Kier alpha value is -2.55. The van der Waals surface area contributed by atoms with Crippen molar-refractivity contribution < 1.29 is 14.5 Å². The molecule has 1 amide bonds. The number of rotatable bonds is 6. The lowest BCUT2D eigenvalue weighted by Gasteiger charge is -2.23. The van der Waals surface area contributed by atoms with Crippen LogP contribution in [0.15, 0.2) is 36.4 Å². The van der Waals surface area contributed by atoms with Gasteiger partial charge in [0, 0.05) is 23.8 Å². The van der Waals surface area contributed by atoms with E-state index in [2.05, 4.69) is 0 Å². The molecule has 156 valence electrons. The molecule has 1 fully saturated rings. The van der Waals surface area contributed by atoms with Crippen molar-refractivity contribution in [3.63, 3.8) is 0 Å². The van der Waals surface area contributed by atoms with Crippen molar-refractivity contribution in [1.82, 2.24) is 4.98 Å². The van der Waals surface area contributed by atoms with E-state index in [4.69, 9.17) is 21.3 Å². The minimum Gasteiger partial charge on any atom is -0.376 e. The number of ether oxygens (including phenoxy) is 1. The molecule has 30 heavy (non-hydrogen) atoms. The summed E-state index contributed by atoms with van der Waals surface area (Å²) in [7, 11) is 0. The van der Waals surface area contributed by atoms with Gasteiger partial charge in [0.15, 0.2) is 5.13 Å². The van der Waals surface area contributed by atoms with Gasteiger partial charge in [0.2, 0.25) is 5.91 Å². The summed E-state index contributed by atoms with van der Waals surface area (Å²) in [5.74, 6) is -0.123. The van der Waals surface area contributed by atoms with Crippen LogP contribution in [0.3, 0.4) is 0 Å². The van der Waals surface area contributed by atoms with E-state index < -0.39 is 4.92 Å². The van der Waals surface area contributed by atoms with Crippen LogP contribution in [-0.4, -0.2) is 35.1 Å². The summed E-state index contributed by atoms with van der Waals surface area (Å²) in [4.78, 5) is 30.0. The number of nitro groups is 1. The summed E-state index contributed by atoms with van der Waals surface area (Å²) in [6.07, 6.45) is 1.98. The molecule has 2 heterocycles. The van der Waals surface area contributed by atoms with Crippen LogP contribution in [0.5, 0.6) is 0 Å². The van der Waals surface area contributed by atoms with Gasteiger partial charge >= 0.3 is 0 Å². The number of halogens is 1. The highest BCUT2D eigenvalue weighted by molar-refractivity contribution is 7.22. The number of hydrogen-bond acceptors (Lipinski definition) is 6. The first-order valence-corrected chi connectivity index (χ1v) is 10.8. The number of aryl methyl sites for hydroxylation is 1. The maximum atomic E-state index is 13.2. The van der Waals surface area contributed by atoms with E-state index in [0.29, 0.717) is 28.9 Å². The molecule has 4 rings (SSSR count). The highest BCUT2D eigenvalue weighted by Gasteiger charge is 2.26. The Morgan fingerprint density at radius 3 is 2.80 bits per heavy atom. The minimum absolute atomic E-state index is 0.000868. The molecule has 1 unspecified atom stereocenters. The highest BCUT2D eigenvalue weighted by atomic mass is 35.5. The summed E-state index contributed by atoms with van der Waals surface area (Å²) in [6.45, 7) is 3.07. The van der Waals surface area contributed by atoms with Crippen LogP contribution in [0, 0.1) is 17.0 Å². The molecule has 1 aliphatic heterocycles. The molecule has 0 radical (unpaired) electrons. The predicted molar refractivity (Wildman–Crippen MR) is 117 cm³/mol. The summed E-state index contributed by atoms with van der Waals surface area (Å²) in [5, 5.41) is 12.1. The van der Waals surface area contributed by atoms with Crippen molar-refractivity contribution in [2.24, 2.45) is 0 Å². The zero-order valence-corrected chi connectivity index (χ0v) is 17.9. The average molecular weight is 446 g/mol. The molecule has 7 nitrogen and oxygen atoms in total. The Bertz CT molecular complexity index is 1090. The van der Waals surface area contributed by atoms with Crippen LogP contribution in [0.25, 0.3) is 10.2 Å². The molecular weight excluding hydrogens is 426 g/mol. The van der Waals surface area contributed by atoms with Gasteiger partial charge in [0.1, 0.15) is 0 Å². The topological polar surface area (TPSA) is 85.6 Å². The number of anilines is 1. The van der Waals surface area contributed by atoms with Gasteiger partial charge in [-0.3, -0.25) is 19.8 Å². The summed E-state index contributed by atoms with van der Waals surface area (Å²) >= 11 is 7.61. The molecule has 1 saturated heterocycles. The number of benzene rings is 2. The molecule has 2 aromatic carbocycles. The van der Waals surface area contributed by atoms with E-state index in [1.807, 2.05) is 19.1 Å². The second-order valence-electron chi connectivity index (χ2n) is 7.31. The third-order valence-electron chi connectivity index (χ3n) is 5.08. The summed E-state index contributed by atoms with van der Waals surface area (Å²) in [6, 6.07) is 9.77. The van der Waals surface area contributed by atoms with Crippen molar-refractivity contribution >= 4 is 49.9 Å². The molecule has 9 heteroatoms. The van der Waals surface area contributed by atoms with Gasteiger partial charge in [0.05, 0.1) is 34.2 Å². The number of nitrogens with zero attached hydrogens (tertiary/aromatic N) is 3. The van der Waals surface area contributed by atoms with E-state index >= 15 is 0 Å². The van der Waals surface area contributed by atoms with Crippen LogP contribution in [0.2, 0.25) is 5.02 Å². The monoisotopic (exact) mass is 445 g/mol. The van der Waals surface area contributed by atoms with E-state index in [1.165, 1.54) is 23.5 Å². The SMILES string of the molecule is Cc1cc(Cl)cc2sc(N(CC3CCCO3)C(=O)Cc3ccc([N+](=O)[O-])cc3)nc12. The van der Waals surface area contributed by atoms with Gasteiger partial charge in [0.25, 0.3) is 5.69 Å². The Morgan fingerprint density at radius 2 is 2.13 bits per heavy atom. The van der Waals surface area contributed by atoms with Crippen LogP contribution < -0.4 is 4.90 Å². The fourth-order valence-corrected chi connectivity index (χ4v) is 4.99. The maximum absolute atomic E-state index is 13.2. The number of amides is 1. The van der Waals surface area contributed by atoms with Gasteiger partial charge in [-0.25, -0.2) is 4.98 Å². The van der Waals surface area contributed by atoms with E-state index in [9.17, 15) is 14.9 Å². The zero-order chi connectivity index (χ0) is 21.3. The average Bonchev–Trinajstić information content (AvgIpc) is 3.36. The molecule has 0 spiro atoms. The molecule has 1 aliphatic rings. The molecule has 0 bridgehead atoms. The van der Waals surface area contributed by atoms with Gasteiger partial charge in [-0.05, 0) is 43.0 Å². The Morgan fingerprint density at radius 1 is 1.37 bits per heavy atom. The maximum Gasteiger partial charge on any atom is 0.269 e. The molecule has 3 aromatic rings. The summed E-state index contributed by atoms with van der Waals surface area (Å²) in [5.41, 5.74) is 2.50. The largest absolute Gasteiger partial charge is 0.376 e. The lowest BCUT2D eigenvalue weighted by Crippen LogP contribution is -2.38. The van der Waals surface area contributed by atoms with Crippen LogP contribution in [-0.2, 0) is 16.0 Å². The zero-order valence-electron chi connectivity index (χ0n) is 16.3. The predicted octanol–water partition coefficient (Wildman–Crippen LogP) is 4.92. The Kier molecular flexibility index (Phi) is 5.99. The number of aromatic nitrogens is 1. The summed E-state index contributed by atoms with van der Waals surface area (Å²) < 4.78 is 6.68. The van der Waals surface area contributed by atoms with Crippen molar-refractivity contribution in [3.8, 4) is 0 Å². The highest BCUT2D eigenvalue weighted by Crippen LogP contribution is 2.34. The normalized spacial score (nSPS) is 16.1. The van der Waals surface area contributed by atoms with Crippen molar-refractivity contribution in [2.75, 3.05) is 18.1 Å². The second kappa shape index (κ2) is 8.67. The van der Waals surface area contributed by atoms with Crippen LogP contribution in [0.1, 0.15) is 24.0 Å². The van der Waals surface area contributed by atoms with Crippen LogP contribution in [0.4, 0.5) is 10.8 Å². The third-order valence-corrected chi connectivity index (χ3v) is 6.33. The number of fused-ring (bicyclic) bond motifs is 1. The van der Waals surface area contributed by atoms with Crippen molar-refractivity contribution in [1.29, 1.82) is 0 Å². The third kappa shape index (κ3) is 4.45. The van der Waals surface area contributed by atoms with E-state index in [-0.39, 0.29) is 24.1 Å². The molecule has 1 aromatic heterocycles. The number of nitro benzene ring substituents is 1. The molecule has 0 aliphatic carbocycles. The molecule has 0 N–H and O–H groups in total. The van der Waals surface area contributed by atoms with Gasteiger partial charge in [-0.15, -0.1) is 0 Å². The van der Waals surface area contributed by atoms with Crippen LogP contribution >= 0.6 is 22.9 Å². The number of carbonyl (C=O) groups is 1. The Balaban J connectivity index is 1.62. The number of thiazole rings is 1. The molecular formula is C21H20ClN3O4S. The van der Waals surface area contributed by atoms with E-state index in [1.54, 1.807) is 17.0 Å². The van der Waals surface area contributed by atoms with Gasteiger partial charge in [-0.1, -0.05) is 35.1 Å². The fourth-order valence-electron chi connectivity index (χ4n) is 3.54. The standard InChI is InChI=1S/C21H20ClN3O4S/c1-13-9-15(22)11-18-20(13)23-21(30-18)24(12-17-3-2-8-29-17)19(26)10-14-4-6-16(7-5-14)25(27)28/h4-7,9,11,17H,2-3,8,10,12H2,1H3. The van der Waals surface area contributed by atoms with Gasteiger partial charge in [-0.2, -0.15) is 0 Å². The van der Waals surface area contributed by atoms with Crippen molar-refractivity contribution in [2.45, 2.75) is 32.3 Å². The quantitative estimate of drug-likeness (QED) is 0.397. The van der Waals surface area contributed by atoms with Crippen molar-refractivity contribution in [3.05, 3.63) is 62.7 Å². The number of hydrogen-bond donors (Lipinski definition) is 0. The Labute approximate surface area is 182 Å². The first kappa shape index (κ1) is 20.7. The fraction of sp³-hybridized carbons (Fsp3) is 0.333. The van der Waals surface area contributed by atoms with E-state index in [0.717, 1.165) is 28.6 Å². The lowest BCUT2D eigenvalue weighted by molar-refractivity contribution is -0.384. The molecule has 0 saturated carbocycles. The van der Waals surface area contributed by atoms with Gasteiger partial charge < -0.3 is 4.74 Å².